The number of benzene rings is 2. The van der Waals surface area contributed by atoms with Gasteiger partial charge in [0.05, 0.1) is 7.11 Å². The molecule has 1 atom stereocenters. The van der Waals surface area contributed by atoms with Crippen molar-refractivity contribution < 1.29 is 19.1 Å². The van der Waals surface area contributed by atoms with Crippen molar-refractivity contribution in [3.63, 3.8) is 0 Å². The van der Waals surface area contributed by atoms with Crippen molar-refractivity contribution in [2.75, 3.05) is 7.11 Å². The minimum atomic E-state index is -1.02. The maximum Gasteiger partial charge on any atom is 0.379 e. The quantitative estimate of drug-likeness (QED) is 0.368. The van der Waals surface area contributed by atoms with Gasteiger partial charge in [-0.3, -0.25) is 9.59 Å². The molecular weight excluding hydrogens is 304 g/mol. The van der Waals surface area contributed by atoms with Crippen LogP contribution in [0.1, 0.15) is 31.7 Å². The van der Waals surface area contributed by atoms with Crippen LogP contribution in [0.25, 0.3) is 0 Å². The first-order valence-corrected chi connectivity index (χ1v) is 6.94. The molecule has 0 bridgehead atoms. The van der Waals surface area contributed by atoms with Gasteiger partial charge in [0.1, 0.15) is 5.38 Å². The number of alkyl halides is 1. The van der Waals surface area contributed by atoms with Gasteiger partial charge in [0.15, 0.2) is 5.78 Å². The molecule has 0 aromatic heterocycles. The van der Waals surface area contributed by atoms with Crippen LogP contribution < -0.4 is 0 Å². The molecule has 1 unspecified atom stereocenters. The average Bonchev–Trinajstić information content (AvgIpc) is 2.59. The van der Waals surface area contributed by atoms with E-state index in [0.717, 1.165) is 7.11 Å². The van der Waals surface area contributed by atoms with Gasteiger partial charge in [-0.05, 0) is 5.56 Å². The second-order valence-electron chi connectivity index (χ2n) is 4.50. The van der Waals surface area contributed by atoms with E-state index in [9.17, 15) is 14.4 Å². The molecule has 0 radical (unpaired) electrons. The van der Waals surface area contributed by atoms with E-state index in [0.29, 0.717) is 5.56 Å². The number of methoxy groups -OCH3 is 1. The summed E-state index contributed by atoms with van der Waals surface area (Å²) in [5, 5.41) is -0.937. The first kappa shape index (κ1) is 15.9. The summed E-state index contributed by atoms with van der Waals surface area (Å²) >= 11 is 6.20. The van der Waals surface area contributed by atoms with Gasteiger partial charge in [-0.2, -0.15) is 0 Å². The van der Waals surface area contributed by atoms with Crippen LogP contribution >= 0.6 is 11.6 Å². The number of rotatable bonds is 5. The lowest BCUT2D eigenvalue weighted by molar-refractivity contribution is -0.135. The monoisotopic (exact) mass is 316 g/mol. The zero-order valence-corrected chi connectivity index (χ0v) is 12.5. The number of hydrogen-bond donors (Lipinski definition) is 0. The van der Waals surface area contributed by atoms with Crippen LogP contribution in [0.15, 0.2) is 54.6 Å². The van der Waals surface area contributed by atoms with E-state index >= 15 is 0 Å². The molecule has 0 fully saturated rings. The summed E-state index contributed by atoms with van der Waals surface area (Å²) in [6.07, 6.45) is 0. The highest BCUT2D eigenvalue weighted by Gasteiger charge is 2.27. The number of halogens is 1. The zero-order chi connectivity index (χ0) is 16.1. The van der Waals surface area contributed by atoms with E-state index in [4.69, 9.17) is 11.6 Å². The Balaban J connectivity index is 2.39. The van der Waals surface area contributed by atoms with Crippen molar-refractivity contribution in [3.8, 4) is 0 Å². The molecule has 0 saturated carbocycles. The number of ketones is 2. The highest BCUT2D eigenvalue weighted by Crippen LogP contribution is 2.26. The molecule has 22 heavy (non-hydrogen) atoms. The summed E-state index contributed by atoms with van der Waals surface area (Å²) in [5.74, 6) is -2.34. The molecule has 2 aromatic carbocycles. The highest BCUT2D eigenvalue weighted by molar-refractivity contribution is 6.43. The molecule has 0 N–H and O–H groups in total. The summed E-state index contributed by atoms with van der Waals surface area (Å²) in [5.41, 5.74) is 0.706. The molecule has 0 spiro atoms. The molecule has 5 heteroatoms. The lowest BCUT2D eigenvalue weighted by atomic mass is 9.96. The Labute approximate surface area is 132 Å². The minimum absolute atomic E-state index is 0.0130. The Morgan fingerprint density at radius 2 is 1.45 bits per heavy atom. The first-order chi connectivity index (χ1) is 10.6. The molecule has 0 amide bonds. The van der Waals surface area contributed by atoms with Gasteiger partial charge in [0.25, 0.3) is 5.78 Å². The molecule has 112 valence electrons. The molecule has 0 saturated heterocycles. The second-order valence-corrected chi connectivity index (χ2v) is 4.94. The smallest absolute Gasteiger partial charge is 0.379 e. The van der Waals surface area contributed by atoms with Gasteiger partial charge < -0.3 is 4.74 Å². The molecule has 2 aromatic rings. The van der Waals surface area contributed by atoms with Crippen LogP contribution in [0, 0.1) is 0 Å². The van der Waals surface area contributed by atoms with Gasteiger partial charge in [-0.1, -0.05) is 54.6 Å². The van der Waals surface area contributed by atoms with E-state index in [1.165, 1.54) is 12.1 Å². The van der Waals surface area contributed by atoms with Gasteiger partial charge in [-0.25, -0.2) is 4.79 Å². The predicted octanol–water partition coefficient (Wildman–Crippen LogP) is 3.21. The first-order valence-electron chi connectivity index (χ1n) is 6.51. The molecule has 4 nitrogen and oxygen atoms in total. The van der Waals surface area contributed by atoms with Crippen molar-refractivity contribution in [3.05, 3.63) is 71.3 Å². The SMILES string of the molecule is COC(=O)C(=O)c1ccccc1C(=O)C(Cl)c1ccccc1. The Kier molecular flexibility index (Phi) is 5.07. The summed E-state index contributed by atoms with van der Waals surface area (Å²) < 4.78 is 4.41. The Morgan fingerprint density at radius 1 is 0.909 bits per heavy atom. The van der Waals surface area contributed by atoms with Crippen LogP contribution in [0.2, 0.25) is 0 Å². The minimum Gasteiger partial charge on any atom is -0.463 e. The third-order valence-corrected chi connectivity index (χ3v) is 3.58. The van der Waals surface area contributed by atoms with Gasteiger partial charge >= 0.3 is 5.97 Å². The van der Waals surface area contributed by atoms with Gasteiger partial charge in [0, 0.05) is 11.1 Å². The van der Waals surface area contributed by atoms with E-state index < -0.39 is 22.9 Å². The van der Waals surface area contributed by atoms with E-state index in [1.54, 1.807) is 36.4 Å². The standard InChI is InChI=1S/C17H13ClO4/c1-22-17(21)16(20)13-10-6-5-9-12(13)15(19)14(18)11-7-3-2-4-8-11/h2-10,14H,1H3. The number of carbonyl (C=O) groups is 3. The van der Waals surface area contributed by atoms with E-state index in [-0.39, 0.29) is 11.1 Å². The lowest BCUT2D eigenvalue weighted by Crippen LogP contribution is -2.20. The van der Waals surface area contributed by atoms with Crippen LogP contribution in [0.3, 0.4) is 0 Å². The van der Waals surface area contributed by atoms with Crippen LogP contribution in [0.5, 0.6) is 0 Å². The Hall–Kier alpha value is -2.46. The maximum atomic E-state index is 12.5. The maximum absolute atomic E-state index is 12.5. The topological polar surface area (TPSA) is 60.4 Å². The fraction of sp³-hybridized carbons (Fsp3) is 0.118. The number of esters is 1. The van der Waals surface area contributed by atoms with Crippen LogP contribution in [-0.4, -0.2) is 24.6 Å². The highest BCUT2D eigenvalue weighted by atomic mass is 35.5. The fourth-order valence-electron chi connectivity index (χ4n) is 2.01. The molecule has 0 aliphatic carbocycles. The Morgan fingerprint density at radius 3 is 2.05 bits per heavy atom. The summed E-state index contributed by atoms with van der Waals surface area (Å²) in [6.45, 7) is 0. The normalized spacial score (nSPS) is 11.5. The third-order valence-electron chi connectivity index (χ3n) is 3.13. The Bertz CT molecular complexity index is 710. The van der Waals surface area contributed by atoms with Crippen molar-refractivity contribution in [1.29, 1.82) is 0 Å². The van der Waals surface area contributed by atoms with Crippen LogP contribution in [-0.2, 0) is 9.53 Å². The summed E-state index contributed by atoms with van der Waals surface area (Å²) in [7, 11) is 1.11. The second kappa shape index (κ2) is 7.00. The fourth-order valence-corrected chi connectivity index (χ4v) is 2.27. The zero-order valence-electron chi connectivity index (χ0n) is 11.8. The molecule has 2 rings (SSSR count). The molecular formula is C17H13ClO4. The average molecular weight is 317 g/mol. The molecule has 0 aliphatic rings. The molecule has 0 heterocycles. The summed E-state index contributed by atoms with van der Waals surface area (Å²) in [4.78, 5) is 35.9. The van der Waals surface area contributed by atoms with Crippen molar-refractivity contribution in [2.24, 2.45) is 0 Å². The third kappa shape index (κ3) is 3.23. The van der Waals surface area contributed by atoms with Crippen molar-refractivity contribution in [2.45, 2.75) is 5.38 Å². The van der Waals surface area contributed by atoms with Gasteiger partial charge in [-0.15, -0.1) is 11.6 Å². The number of ether oxygens (including phenoxy) is 1. The van der Waals surface area contributed by atoms with Crippen molar-refractivity contribution >= 4 is 29.1 Å². The number of carbonyl (C=O) groups excluding carboxylic acids is 3. The lowest BCUT2D eigenvalue weighted by Gasteiger charge is -2.11. The molecule has 0 aliphatic heterocycles. The largest absolute Gasteiger partial charge is 0.463 e. The number of hydrogen-bond acceptors (Lipinski definition) is 4. The van der Waals surface area contributed by atoms with Crippen LogP contribution in [0.4, 0.5) is 0 Å². The van der Waals surface area contributed by atoms with E-state index in [2.05, 4.69) is 4.74 Å². The summed E-state index contributed by atoms with van der Waals surface area (Å²) in [6, 6.07) is 14.8. The van der Waals surface area contributed by atoms with Gasteiger partial charge in [0.2, 0.25) is 0 Å². The predicted molar refractivity (Wildman–Crippen MR) is 82.2 cm³/mol. The number of Topliss-reactive ketones (excluding diaryl/α,β-unsaturated/α-hetero) is 2. The van der Waals surface area contributed by atoms with E-state index in [1.807, 2.05) is 6.07 Å². The van der Waals surface area contributed by atoms with Crippen molar-refractivity contribution in [1.82, 2.24) is 0 Å².